The van der Waals surface area contributed by atoms with Crippen LogP contribution in [0.15, 0.2) is 6.33 Å². The minimum absolute atomic E-state index is 0.315. The first-order valence-corrected chi connectivity index (χ1v) is 7.24. The lowest BCUT2D eigenvalue weighted by atomic mass is 9.96. The van der Waals surface area contributed by atoms with Crippen molar-refractivity contribution in [2.75, 3.05) is 6.54 Å². The third kappa shape index (κ3) is 3.80. The van der Waals surface area contributed by atoms with Gasteiger partial charge in [0.1, 0.15) is 12.2 Å². The van der Waals surface area contributed by atoms with Gasteiger partial charge in [0.15, 0.2) is 0 Å². The number of hydrogen-bond donors (Lipinski definition) is 1. The van der Waals surface area contributed by atoms with Crippen molar-refractivity contribution in [1.29, 1.82) is 0 Å². The van der Waals surface area contributed by atoms with Gasteiger partial charge >= 0.3 is 0 Å². The normalized spacial score (nSPS) is 15.0. The lowest BCUT2D eigenvalue weighted by Crippen LogP contribution is -2.31. The van der Waals surface area contributed by atoms with E-state index >= 15 is 0 Å². The molecule has 1 heterocycles. The second-order valence-corrected chi connectivity index (χ2v) is 5.35. The number of rotatable bonds is 8. The Hall–Kier alpha value is -0.900. The lowest BCUT2D eigenvalue weighted by Gasteiger charge is -2.25. The largest absolute Gasteiger partial charge is 0.307 e. The molecule has 0 aliphatic rings. The van der Waals surface area contributed by atoms with Gasteiger partial charge in [-0.15, -0.1) is 0 Å². The van der Waals surface area contributed by atoms with Crippen molar-refractivity contribution >= 4 is 0 Å². The maximum atomic E-state index is 4.48. The number of nitrogens with zero attached hydrogens (tertiary/aromatic N) is 3. The molecule has 4 heteroatoms. The van der Waals surface area contributed by atoms with Crippen LogP contribution < -0.4 is 5.32 Å². The van der Waals surface area contributed by atoms with E-state index in [4.69, 9.17) is 0 Å². The molecule has 18 heavy (non-hydrogen) atoms. The summed E-state index contributed by atoms with van der Waals surface area (Å²) in [6.07, 6.45) is 5.24. The Labute approximate surface area is 111 Å². The van der Waals surface area contributed by atoms with Gasteiger partial charge in [-0.1, -0.05) is 27.2 Å². The molecule has 0 aliphatic heterocycles. The molecule has 0 bridgehead atoms. The van der Waals surface area contributed by atoms with E-state index in [1.165, 1.54) is 12.8 Å². The van der Waals surface area contributed by atoms with Crippen LogP contribution in [-0.4, -0.2) is 21.3 Å². The highest BCUT2D eigenvalue weighted by atomic mass is 15.4. The molecule has 0 aromatic carbocycles. The van der Waals surface area contributed by atoms with Crippen molar-refractivity contribution in [2.24, 2.45) is 5.92 Å². The summed E-state index contributed by atoms with van der Waals surface area (Å²) in [4.78, 5) is 4.48. The first kappa shape index (κ1) is 15.2. The SMILES string of the molecule is CCCNC(c1ncnn1C(C)C)C(C)CCC. The van der Waals surface area contributed by atoms with Crippen molar-refractivity contribution in [2.45, 2.75) is 66.0 Å². The summed E-state index contributed by atoms with van der Waals surface area (Å²) in [6, 6.07) is 0.678. The topological polar surface area (TPSA) is 42.7 Å². The Morgan fingerprint density at radius 3 is 2.50 bits per heavy atom. The van der Waals surface area contributed by atoms with Crippen LogP contribution in [0.4, 0.5) is 0 Å². The average Bonchev–Trinajstić information content (AvgIpc) is 2.79. The van der Waals surface area contributed by atoms with Crippen molar-refractivity contribution in [1.82, 2.24) is 20.1 Å². The fourth-order valence-electron chi connectivity index (χ4n) is 2.35. The maximum Gasteiger partial charge on any atom is 0.144 e. The predicted octanol–water partition coefficient (Wildman–Crippen LogP) is 3.34. The first-order valence-electron chi connectivity index (χ1n) is 7.24. The molecule has 0 saturated carbocycles. The molecule has 104 valence electrons. The van der Waals surface area contributed by atoms with E-state index in [-0.39, 0.29) is 0 Å². The van der Waals surface area contributed by atoms with E-state index in [2.05, 4.69) is 50.0 Å². The van der Waals surface area contributed by atoms with Gasteiger partial charge < -0.3 is 5.32 Å². The molecule has 0 fully saturated rings. The van der Waals surface area contributed by atoms with E-state index < -0.39 is 0 Å². The molecule has 0 aliphatic carbocycles. The molecule has 1 rings (SSSR count). The zero-order valence-electron chi connectivity index (χ0n) is 12.5. The van der Waals surface area contributed by atoms with E-state index in [9.17, 15) is 0 Å². The van der Waals surface area contributed by atoms with Crippen LogP contribution in [0.5, 0.6) is 0 Å². The predicted molar refractivity (Wildman–Crippen MR) is 75.5 cm³/mol. The average molecular weight is 252 g/mol. The molecule has 0 radical (unpaired) electrons. The third-order valence-corrected chi connectivity index (χ3v) is 3.30. The Morgan fingerprint density at radius 1 is 1.22 bits per heavy atom. The van der Waals surface area contributed by atoms with Crippen LogP contribution in [0.2, 0.25) is 0 Å². The molecule has 2 atom stereocenters. The van der Waals surface area contributed by atoms with Crippen LogP contribution in [0.1, 0.15) is 71.8 Å². The second kappa shape index (κ2) is 7.52. The molecule has 0 spiro atoms. The van der Waals surface area contributed by atoms with E-state index in [1.54, 1.807) is 6.33 Å². The van der Waals surface area contributed by atoms with E-state index in [1.807, 2.05) is 4.68 Å². The first-order chi connectivity index (χ1) is 8.61. The third-order valence-electron chi connectivity index (χ3n) is 3.30. The monoisotopic (exact) mass is 252 g/mol. The molecule has 4 nitrogen and oxygen atoms in total. The fourth-order valence-corrected chi connectivity index (χ4v) is 2.35. The number of hydrogen-bond acceptors (Lipinski definition) is 3. The Balaban J connectivity index is 2.89. The van der Waals surface area contributed by atoms with Crippen LogP contribution >= 0.6 is 0 Å². The van der Waals surface area contributed by atoms with Crippen molar-refractivity contribution in [3.05, 3.63) is 12.2 Å². The highest BCUT2D eigenvalue weighted by Gasteiger charge is 2.23. The fraction of sp³-hybridized carbons (Fsp3) is 0.857. The number of nitrogens with one attached hydrogen (secondary N) is 1. The van der Waals surface area contributed by atoms with Gasteiger partial charge in [0, 0.05) is 6.04 Å². The minimum Gasteiger partial charge on any atom is -0.307 e. The van der Waals surface area contributed by atoms with Crippen molar-refractivity contribution < 1.29 is 0 Å². The highest BCUT2D eigenvalue weighted by Crippen LogP contribution is 2.25. The van der Waals surface area contributed by atoms with Crippen LogP contribution in [0.25, 0.3) is 0 Å². The van der Waals surface area contributed by atoms with Crippen molar-refractivity contribution in [3.63, 3.8) is 0 Å². The molecule has 2 unspecified atom stereocenters. The van der Waals surface area contributed by atoms with E-state index in [0.29, 0.717) is 18.0 Å². The lowest BCUT2D eigenvalue weighted by molar-refractivity contribution is 0.327. The molecular weight excluding hydrogens is 224 g/mol. The molecular formula is C14H28N4. The number of aromatic nitrogens is 3. The minimum atomic E-state index is 0.315. The zero-order chi connectivity index (χ0) is 13.5. The summed E-state index contributed by atoms with van der Waals surface area (Å²) in [5.74, 6) is 1.67. The van der Waals surface area contributed by atoms with Gasteiger partial charge in [-0.05, 0) is 39.2 Å². The van der Waals surface area contributed by atoms with Gasteiger partial charge in [0.05, 0.1) is 6.04 Å². The van der Waals surface area contributed by atoms with Crippen LogP contribution in [0.3, 0.4) is 0 Å². The van der Waals surface area contributed by atoms with Gasteiger partial charge in [0.2, 0.25) is 0 Å². The summed E-state index contributed by atoms with van der Waals surface area (Å²) >= 11 is 0. The van der Waals surface area contributed by atoms with Gasteiger partial charge in [-0.3, -0.25) is 0 Å². The quantitative estimate of drug-likeness (QED) is 0.771. The molecule has 0 amide bonds. The Kier molecular flexibility index (Phi) is 6.33. The molecule has 1 aromatic rings. The van der Waals surface area contributed by atoms with Crippen LogP contribution in [0, 0.1) is 5.92 Å². The van der Waals surface area contributed by atoms with Gasteiger partial charge in [-0.25, -0.2) is 9.67 Å². The van der Waals surface area contributed by atoms with Gasteiger partial charge in [0.25, 0.3) is 0 Å². The molecule has 1 N–H and O–H groups in total. The smallest absolute Gasteiger partial charge is 0.144 e. The summed E-state index contributed by atoms with van der Waals surface area (Å²) in [7, 11) is 0. The molecule has 1 aromatic heterocycles. The summed E-state index contributed by atoms with van der Waals surface area (Å²) in [5.41, 5.74) is 0. The van der Waals surface area contributed by atoms with Crippen LogP contribution in [-0.2, 0) is 0 Å². The Morgan fingerprint density at radius 2 is 1.94 bits per heavy atom. The van der Waals surface area contributed by atoms with E-state index in [0.717, 1.165) is 18.8 Å². The maximum absolute atomic E-state index is 4.48. The van der Waals surface area contributed by atoms with Crippen molar-refractivity contribution in [3.8, 4) is 0 Å². The standard InChI is InChI=1S/C14H28N4/c1-6-8-12(5)13(15-9-7-2)14-16-10-17-18(14)11(3)4/h10-13,15H,6-9H2,1-5H3. The summed E-state index contributed by atoms with van der Waals surface area (Å²) in [5, 5.41) is 7.98. The Bertz CT molecular complexity index is 332. The molecule has 0 saturated heterocycles. The summed E-state index contributed by atoms with van der Waals surface area (Å²) in [6.45, 7) is 12.1. The zero-order valence-corrected chi connectivity index (χ0v) is 12.5. The van der Waals surface area contributed by atoms with Gasteiger partial charge in [-0.2, -0.15) is 5.10 Å². The summed E-state index contributed by atoms with van der Waals surface area (Å²) < 4.78 is 2.04. The second-order valence-electron chi connectivity index (χ2n) is 5.35. The highest BCUT2D eigenvalue weighted by molar-refractivity contribution is 4.98.